The van der Waals surface area contributed by atoms with E-state index in [1.807, 2.05) is 0 Å². The summed E-state index contributed by atoms with van der Waals surface area (Å²) in [7, 11) is -3.90. The van der Waals surface area contributed by atoms with Crippen molar-refractivity contribution in [2.75, 3.05) is 0 Å². The van der Waals surface area contributed by atoms with E-state index < -0.39 is 27.1 Å². The van der Waals surface area contributed by atoms with Crippen molar-refractivity contribution < 1.29 is 22.1 Å². The molecule has 0 aliphatic rings. The van der Waals surface area contributed by atoms with Gasteiger partial charge in [0.2, 0.25) is 4.93 Å². The summed E-state index contributed by atoms with van der Waals surface area (Å²) in [6.45, 7) is 6.85. The topological polar surface area (TPSA) is 69.7 Å². The molecule has 0 fully saturated rings. The Morgan fingerprint density at radius 2 is 1.71 bits per heavy atom. The molecular formula is C8H16O5S. The summed E-state index contributed by atoms with van der Waals surface area (Å²) >= 11 is 0. The van der Waals surface area contributed by atoms with Crippen LogP contribution >= 0.6 is 0 Å². The zero-order valence-corrected chi connectivity index (χ0v) is 9.84. The van der Waals surface area contributed by atoms with E-state index in [0.717, 1.165) is 6.92 Å². The van der Waals surface area contributed by atoms with Crippen LogP contribution in [0.2, 0.25) is 0 Å². The first-order valence-electron chi connectivity index (χ1n) is 4.21. The van der Waals surface area contributed by atoms with Crippen molar-refractivity contribution in [2.45, 2.75) is 45.7 Å². The molecule has 0 aliphatic heterocycles. The molecule has 14 heavy (non-hydrogen) atoms. The molecule has 6 heteroatoms. The van der Waals surface area contributed by atoms with Crippen LogP contribution in [0.1, 0.15) is 34.6 Å². The van der Waals surface area contributed by atoms with Crippen LogP contribution in [-0.2, 0) is 23.8 Å². The van der Waals surface area contributed by atoms with Gasteiger partial charge in [-0.1, -0.05) is 0 Å². The maximum atomic E-state index is 11.5. The van der Waals surface area contributed by atoms with Crippen LogP contribution in [0.25, 0.3) is 0 Å². The highest BCUT2D eigenvalue weighted by molar-refractivity contribution is 7.88. The minimum absolute atomic E-state index is 0.477. The summed E-state index contributed by atoms with van der Waals surface area (Å²) in [5.74, 6) is -0.661. The van der Waals surface area contributed by atoms with Crippen molar-refractivity contribution in [3.63, 3.8) is 0 Å². The van der Waals surface area contributed by atoms with Crippen molar-refractivity contribution in [3.8, 4) is 0 Å². The van der Waals surface area contributed by atoms with Gasteiger partial charge in [0.05, 0.1) is 6.10 Å². The first-order chi connectivity index (χ1) is 6.08. The molecule has 0 bridgehead atoms. The van der Waals surface area contributed by atoms with Crippen molar-refractivity contribution >= 4 is 16.1 Å². The second-order valence-corrected chi connectivity index (χ2v) is 5.68. The summed E-state index contributed by atoms with van der Waals surface area (Å²) in [4.78, 5) is 9.00. The molecule has 0 unspecified atom stereocenters. The normalized spacial score (nSPS) is 13.0. The third-order valence-corrected chi connectivity index (χ3v) is 3.24. The van der Waals surface area contributed by atoms with E-state index in [1.54, 1.807) is 13.8 Å². The van der Waals surface area contributed by atoms with Crippen molar-refractivity contribution in [2.24, 2.45) is 0 Å². The van der Waals surface area contributed by atoms with E-state index in [0.29, 0.717) is 0 Å². The van der Waals surface area contributed by atoms with Gasteiger partial charge in [-0.3, -0.25) is 8.98 Å². The monoisotopic (exact) mass is 224 g/mol. The fourth-order valence-electron chi connectivity index (χ4n) is 0.766. The molecule has 0 amide bonds. The highest BCUT2D eigenvalue weighted by atomic mass is 32.2. The number of carbonyl (C=O) groups is 1. The molecular weight excluding hydrogens is 208 g/mol. The number of hydrogen-bond acceptors (Lipinski definition) is 5. The van der Waals surface area contributed by atoms with Crippen molar-refractivity contribution in [3.05, 3.63) is 0 Å². The van der Waals surface area contributed by atoms with E-state index in [-0.39, 0.29) is 0 Å². The Morgan fingerprint density at radius 1 is 1.29 bits per heavy atom. The third-order valence-electron chi connectivity index (χ3n) is 1.31. The summed E-state index contributed by atoms with van der Waals surface area (Å²) in [6, 6.07) is 0. The standard InChI is InChI=1S/C8H16O5S/c1-6(2)13-14(10,11)8(4,5)12-7(3)9/h6H,1-5H3. The zero-order chi connectivity index (χ0) is 11.6. The molecule has 0 aliphatic carbocycles. The van der Waals surface area contributed by atoms with E-state index in [1.165, 1.54) is 13.8 Å². The highest BCUT2D eigenvalue weighted by Crippen LogP contribution is 2.21. The Bertz CT molecular complexity index is 302. The Kier molecular flexibility index (Phi) is 4.08. The number of carbonyl (C=O) groups excluding carboxylic acids is 1. The largest absolute Gasteiger partial charge is 0.441 e. The van der Waals surface area contributed by atoms with E-state index >= 15 is 0 Å². The average Bonchev–Trinajstić information content (AvgIpc) is 1.78. The fourth-order valence-corrected chi connectivity index (χ4v) is 1.72. The maximum Gasteiger partial charge on any atom is 0.308 e. The van der Waals surface area contributed by atoms with Crippen LogP contribution in [0.4, 0.5) is 0 Å². The molecule has 5 nitrogen and oxygen atoms in total. The minimum Gasteiger partial charge on any atom is -0.441 e. The van der Waals surface area contributed by atoms with Crippen LogP contribution in [0.3, 0.4) is 0 Å². The fraction of sp³-hybridized carbons (Fsp3) is 0.875. The van der Waals surface area contributed by atoms with Gasteiger partial charge < -0.3 is 4.74 Å². The molecule has 0 rings (SSSR count). The van der Waals surface area contributed by atoms with Gasteiger partial charge in [-0.15, -0.1) is 0 Å². The lowest BCUT2D eigenvalue weighted by molar-refractivity contribution is -0.147. The predicted octanol–water partition coefficient (Wildman–Crippen LogP) is 1.04. The summed E-state index contributed by atoms with van der Waals surface area (Å²) in [6.07, 6.45) is -0.477. The lowest BCUT2D eigenvalue weighted by Gasteiger charge is -2.24. The summed E-state index contributed by atoms with van der Waals surface area (Å²) in [5, 5.41) is 0. The lowest BCUT2D eigenvalue weighted by Crippen LogP contribution is -2.39. The molecule has 0 saturated carbocycles. The molecule has 0 heterocycles. The van der Waals surface area contributed by atoms with Crippen LogP contribution in [0, 0.1) is 0 Å². The molecule has 0 saturated heterocycles. The van der Waals surface area contributed by atoms with Crippen molar-refractivity contribution in [1.82, 2.24) is 0 Å². The second kappa shape index (κ2) is 4.27. The average molecular weight is 224 g/mol. The van der Waals surface area contributed by atoms with E-state index in [2.05, 4.69) is 4.74 Å². The first-order valence-corrected chi connectivity index (χ1v) is 5.62. The zero-order valence-electron chi connectivity index (χ0n) is 9.03. The number of hydrogen-bond donors (Lipinski definition) is 0. The van der Waals surface area contributed by atoms with Gasteiger partial charge >= 0.3 is 16.1 Å². The van der Waals surface area contributed by atoms with E-state index in [9.17, 15) is 13.2 Å². The quantitative estimate of drug-likeness (QED) is 0.527. The Hall–Kier alpha value is -0.620. The first kappa shape index (κ1) is 13.4. The van der Waals surface area contributed by atoms with Gasteiger partial charge in [-0.2, -0.15) is 8.42 Å². The summed E-state index contributed by atoms with van der Waals surface area (Å²) in [5.41, 5.74) is 0. The van der Waals surface area contributed by atoms with Crippen LogP contribution < -0.4 is 0 Å². The van der Waals surface area contributed by atoms with Gasteiger partial charge in [0.1, 0.15) is 0 Å². The Morgan fingerprint density at radius 3 is 2.00 bits per heavy atom. The molecule has 0 spiro atoms. The number of ether oxygens (including phenoxy) is 1. The molecule has 84 valence electrons. The predicted molar refractivity (Wildman–Crippen MR) is 51.0 cm³/mol. The van der Waals surface area contributed by atoms with E-state index in [4.69, 9.17) is 4.18 Å². The van der Waals surface area contributed by atoms with Gasteiger partial charge in [0.25, 0.3) is 0 Å². The molecule has 0 atom stereocenters. The Balaban J connectivity index is 4.79. The highest BCUT2D eigenvalue weighted by Gasteiger charge is 2.39. The van der Waals surface area contributed by atoms with Crippen LogP contribution in [0.15, 0.2) is 0 Å². The molecule has 0 radical (unpaired) electrons. The maximum absolute atomic E-state index is 11.5. The van der Waals surface area contributed by atoms with Gasteiger partial charge in [0, 0.05) is 6.92 Å². The molecule has 0 N–H and O–H groups in total. The molecule has 0 aromatic heterocycles. The van der Waals surface area contributed by atoms with Gasteiger partial charge in [0.15, 0.2) is 0 Å². The third kappa shape index (κ3) is 3.63. The number of rotatable bonds is 4. The SMILES string of the molecule is CC(=O)OC(C)(C)S(=O)(=O)OC(C)C. The van der Waals surface area contributed by atoms with Gasteiger partial charge in [-0.05, 0) is 27.7 Å². The second-order valence-electron chi connectivity index (χ2n) is 3.59. The molecule has 0 aromatic carbocycles. The van der Waals surface area contributed by atoms with Crippen molar-refractivity contribution in [1.29, 1.82) is 0 Å². The Labute approximate surface area is 84.5 Å². The smallest absolute Gasteiger partial charge is 0.308 e. The minimum atomic E-state index is -3.90. The molecule has 0 aromatic rings. The van der Waals surface area contributed by atoms with Crippen LogP contribution in [-0.4, -0.2) is 25.4 Å². The van der Waals surface area contributed by atoms with Crippen LogP contribution in [0.5, 0.6) is 0 Å². The lowest BCUT2D eigenvalue weighted by atomic mass is 10.5. The number of esters is 1. The summed E-state index contributed by atoms with van der Waals surface area (Å²) < 4.78 is 32.3. The van der Waals surface area contributed by atoms with Gasteiger partial charge in [-0.25, -0.2) is 0 Å².